The Kier molecular flexibility index (Phi) is 5.19. The van der Waals surface area contributed by atoms with Crippen LogP contribution >= 0.6 is 0 Å². The van der Waals surface area contributed by atoms with E-state index in [4.69, 9.17) is 4.74 Å². The molecule has 1 heterocycles. The lowest BCUT2D eigenvalue weighted by molar-refractivity contribution is -0.123. The van der Waals surface area contributed by atoms with Crippen LogP contribution in [0.3, 0.4) is 0 Å². The second-order valence-corrected chi connectivity index (χ2v) is 5.97. The Labute approximate surface area is 115 Å². The van der Waals surface area contributed by atoms with Gasteiger partial charge in [0.15, 0.2) is 0 Å². The average Bonchev–Trinajstić information content (AvgIpc) is 2.84. The first-order valence-electron chi connectivity index (χ1n) is 7.43. The topological polar surface area (TPSA) is 70.6 Å². The van der Waals surface area contributed by atoms with Crippen LogP contribution in [0, 0.1) is 0 Å². The first-order valence-corrected chi connectivity index (χ1v) is 7.43. The van der Waals surface area contributed by atoms with Crippen LogP contribution in [-0.2, 0) is 9.53 Å². The molecule has 2 atom stereocenters. The van der Waals surface area contributed by atoms with E-state index in [1.807, 2.05) is 6.92 Å². The molecule has 2 rings (SSSR count). The minimum atomic E-state index is -0.806. The third kappa shape index (κ3) is 4.44. The monoisotopic (exact) mass is 270 g/mol. The van der Waals surface area contributed by atoms with Crippen LogP contribution in [0.2, 0.25) is 0 Å². The smallest absolute Gasteiger partial charge is 0.237 e. The maximum atomic E-state index is 12.0. The van der Waals surface area contributed by atoms with Crippen molar-refractivity contribution in [1.82, 2.24) is 10.6 Å². The standard InChI is InChI=1S/C14H26N2O3/c1-11(15-9-14(18)7-8-19-10-14)13(17)16-12-5-3-2-4-6-12/h11-12,15,18H,2-10H2,1H3,(H,16,17). The zero-order valence-electron chi connectivity index (χ0n) is 11.8. The van der Waals surface area contributed by atoms with Crippen LogP contribution in [-0.4, -0.2) is 48.5 Å². The Balaban J connectivity index is 1.69. The van der Waals surface area contributed by atoms with E-state index < -0.39 is 5.60 Å². The summed E-state index contributed by atoms with van der Waals surface area (Å²) in [5.74, 6) is 0.0365. The van der Waals surface area contributed by atoms with E-state index in [9.17, 15) is 9.90 Å². The van der Waals surface area contributed by atoms with E-state index in [1.54, 1.807) is 0 Å². The Morgan fingerprint density at radius 1 is 1.42 bits per heavy atom. The number of aliphatic hydroxyl groups is 1. The van der Waals surface area contributed by atoms with Gasteiger partial charge in [0.05, 0.1) is 12.6 Å². The molecule has 1 saturated carbocycles. The molecule has 2 unspecified atom stereocenters. The number of hydrogen-bond donors (Lipinski definition) is 3. The lowest BCUT2D eigenvalue weighted by atomic mass is 9.95. The number of hydrogen-bond acceptors (Lipinski definition) is 4. The predicted molar refractivity (Wildman–Crippen MR) is 72.9 cm³/mol. The lowest BCUT2D eigenvalue weighted by Crippen LogP contribution is -2.51. The molecule has 0 radical (unpaired) electrons. The van der Waals surface area contributed by atoms with E-state index in [1.165, 1.54) is 19.3 Å². The molecule has 19 heavy (non-hydrogen) atoms. The molecule has 0 spiro atoms. The van der Waals surface area contributed by atoms with Crippen LogP contribution in [0.4, 0.5) is 0 Å². The highest BCUT2D eigenvalue weighted by molar-refractivity contribution is 5.81. The van der Waals surface area contributed by atoms with Crippen molar-refractivity contribution < 1.29 is 14.6 Å². The van der Waals surface area contributed by atoms with Gasteiger partial charge in [-0.15, -0.1) is 0 Å². The number of rotatable bonds is 5. The fourth-order valence-corrected chi connectivity index (χ4v) is 2.74. The highest BCUT2D eigenvalue weighted by Crippen LogP contribution is 2.18. The third-order valence-electron chi connectivity index (χ3n) is 4.16. The summed E-state index contributed by atoms with van der Waals surface area (Å²) < 4.78 is 5.18. The van der Waals surface area contributed by atoms with Crippen molar-refractivity contribution in [2.75, 3.05) is 19.8 Å². The van der Waals surface area contributed by atoms with Gasteiger partial charge < -0.3 is 20.5 Å². The first-order chi connectivity index (χ1) is 9.09. The molecule has 110 valence electrons. The summed E-state index contributed by atoms with van der Waals surface area (Å²) in [6.45, 7) is 3.21. The molecule has 0 aromatic heterocycles. The summed E-state index contributed by atoms with van der Waals surface area (Å²) >= 11 is 0. The molecule has 1 saturated heterocycles. The Morgan fingerprint density at radius 2 is 2.16 bits per heavy atom. The molecule has 5 heteroatoms. The molecule has 5 nitrogen and oxygen atoms in total. The minimum absolute atomic E-state index is 0.0365. The molecule has 2 fully saturated rings. The highest BCUT2D eigenvalue weighted by Gasteiger charge is 2.33. The van der Waals surface area contributed by atoms with Crippen molar-refractivity contribution in [3.05, 3.63) is 0 Å². The average molecular weight is 270 g/mol. The molecular weight excluding hydrogens is 244 g/mol. The van der Waals surface area contributed by atoms with Crippen molar-refractivity contribution in [2.24, 2.45) is 0 Å². The molecule has 0 aromatic rings. The van der Waals surface area contributed by atoms with Gasteiger partial charge in [0.2, 0.25) is 5.91 Å². The van der Waals surface area contributed by atoms with Crippen molar-refractivity contribution >= 4 is 5.91 Å². The predicted octanol–water partition coefficient (Wildman–Crippen LogP) is 0.565. The first kappa shape index (κ1) is 14.8. The summed E-state index contributed by atoms with van der Waals surface area (Å²) in [5.41, 5.74) is -0.806. The van der Waals surface area contributed by atoms with Crippen LogP contribution in [0.5, 0.6) is 0 Å². The van der Waals surface area contributed by atoms with Gasteiger partial charge in [-0.05, 0) is 19.8 Å². The summed E-state index contributed by atoms with van der Waals surface area (Å²) in [6.07, 6.45) is 6.53. The summed E-state index contributed by atoms with van der Waals surface area (Å²) in [5, 5.41) is 16.3. The summed E-state index contributed by atoms with van der Waals surface area (Å²) in [7, 11) is 0. The normalized spacial score (nSPS) is 30.2. The fourth-order valence-electron chi connectivity index (χ4n) is 2.74. The highest BCUT2D eigenvalue weighted by atomic mass is 16.5. The van der Waals surface area contributed by atoms with E-state index >= 15 is 0 Å². The second kappa shape index (κ2) is 6.68. The van der Waals surface area contributed by atoms with Crippen molar-refractivity contribution in [3.8, 4) is 0 Å². The largest absolute Gasteiger partial charge is 0.386 e. The van der Waals surface area contributed by atoms with Gasteiger partial charge in [-0.1, -0.05) is 19.3 Å². The number of carbonyl (C=O) groups excluding carboxylic acids is 1. The van der Waals surface area contributed by atoms with Gasteiger partial charge in [-0.2, -0.15) is 0 Å². The van der Waals surface area contributed by atoms with Gasteiger partial charge in [0.1, 0.15) is 5.60 Å². The zero-order valence-corrected chi connectivity index (χ0v) is 11.8. The van der Waals surface area contributed by atoms with E-state index in [0.717, 1.165) is 12.8 Å². The van der Waals surface area contributed by atoms with Gasteiger partial charge in [0.25, 0.3) is 0 Å². The van der Waals surface area contributed by atoms with Crippen LogP contribution in [0.25, 0.3) is 0 Å². The van der Waals surface area contributed by atoms with E-state index in [2.05, 4.69) is 10.6 Å². The van der Waals surface area contributed by atoms with Crippen LogP contribution in [0.1, 0.15) is 45.4 Å². The maximum absolute atomic E-state index is 12.0. The number of amides is 1. The number of carbonyl (C=O) groups is 1. The second-order valence-electron chi connectivity index (χ2n) is 5.97. The third-order valence-corrected chi connectivity index (χ3v) is 4.16. The Morgan fingerprint density at radius 3 is 2.79 bits per heavy atom. The van der Waals surface area contributed by atoms with Gasteiger partial charge >= 0.3 is 0 Å². The van der Waals surface area contributed by atoms with Gasteiger partial charge in [0, 0.05) is 25.6 Å². The molecule has 1 amide bonds. The lowest BCUT2D eigenvalue weighted by Gasteiger charge is -2.26. The minimum Gasteiger partial charge on any atom is -0.386 e. The molecule has 0 aromatic carbocycles. The SMILES string of the molecule is CC(NCC1(O)CCOC1)C(=O)NC1CCCCC1. The Bertz CT molecular complexity index is 297. The number of ether oxygens (including phenoxy) is 1. The molecule has 0 bridgehead atoms. The zero-order chi connectivity index (χ0) is 13.7. The van der Waals surface area contributed by atoms with Crippen LogP contribution < -0.4 is 10.6 Å². The van der Waals surface area contributed by atoms with Crippen molar-refractivity contribution in [3.63, 3.8) is 0 Å². The summed E-state index contributed by atoms with van der Waals surface area (Å²) in [4.78, 5) is 12.0. The van der Waals surface area contributed by atoms with Crippen LogP contribution in [0.15, 0.2) is 0 Å². The van der Waals surface area contributed by atoms with Gasteiger partial charge in [-0.3, -0.25) is 4.79 Å². The van der Waals surface area contributed by atoms with Crippen molar-refractivity contribution in [1.29, 1.82) is 0 Å². The van der Waals surface area contributed by atoms with E-state index in [-0.39, 0.29) is 11.9 Å². The number of nitrogens with one attached hydrogen (secondary N) is 2. The molecule has 1 aliphatic carbocycles. The molecule has 1 aliphatic heterocycles. The van der Waals surface area contributed by atoms with E-state index in [0.29, 0.717) is 32.2 Å². The fraction of sp³-hybridized carbons (Fsp3) is 0.929. The molecular formula is C14H26N2O3. The van der Waals surface area contributed by atoms with Crippen molar-refractivity contribution in [2.45, 2.75) is 63.1 Å². The molecule has 3 N–H and O–H groups in total. The van der Waals surface area contributed by atoms with Gasteiger partial charge in [-0.25, -0.2) is 0 Å². The molecule has 2 aliphatic rings. The Hall–Kier alpha value is -0.650. The summed E-state index contributed by atoms with van der Waals surface area (Å²) in [6, 6.07) is 0.0648. The maximum Gasteiger partial charge on any atom is 0.237 e. The quantitative estimate of drug-likeness (QED) is 0.683.